The van der Waals surface area contributed by atoms with E-state index >= 15 is 0 Å². The molecule has 0 atom stereocenters. The molecular weight excluding hydrogens is 252 g/mol. The summed E-state index contributed by atoms with van der Waals surface area (Å²) in [7, 11) is 0. The SMILES string of the molecule is CCCCCOC(=O)Oc1ccc(CCCCC)cc1. The minimum atomic E-state index is -0.611. The van der Waals surface area contributed by atoms with E-state index in [0.29, 0.717) is 12.4 Å². The Morgan fingerprint density at radius 1 is 0.950 bits per heavy atom. The van der Waals surface area contributed by atoms with Crippen LogP contribution in [-0.4, -0.2) is 12.8 Å². The monoisotopic (exact) mass is 278 g/mol. The molecule has 0 aliphatic carbocycles. The van der Waals surface area contributed by atoms with Gasteiger partial charge in [0.2, 0.25) is 0 Å². The van der Waals surface area contributed by atoms with E-state index in [1.54, 1.807) is 0 Å². The number of carbonyl (C=O) groups excluding carboxylic acids is 1. The van der Waals surface area contributed by atoms with Gasteiger partial charge in [0.25, 0.3) is 0 Å². The van der Waals surface area contributed by atoms with Crippen molar-refractivity contribution in [1.82, 2.24) is 0 Å². The highest BCUT2D eigenvalue weighted by Crippen LogP contribution is 2.15. The summed E-state index contributed by atoms with van der Waals surface area (Å²) in [6.45, 7) is 4.74. The third-order valence-electron chi connectivity index (χ3n) is 3.16. The number of unbranched alkanes of at least 4 members (excludes halogenated alkanes) is 4. The topological polar surface area (TPSA) is 35.5 Å². The van der Waals surface area contributed by atoms with Gasteiger partial charge >= 0.3 is 6.16 Å². The second kappa shape index (κ2) is 10.3. The Balaban J connectivity index is 2.27. The normalized spacial score (nSPS) is 10.3. The van der Waals surface area contributed by atoms with Crippen molar-refractivity contribution < 1.29 is 14.3 Å². The number of ether oxygens (including phenoxy) is 2. The number of hydrogen-bond donors (Lipinski definition) is 0. The Hall–Kier alpha value is -1.51. The van der Waals surface area contributed by atoms with Crippen molar-refractivity contribution in [3.8, 4) is 5.75 Å². The molecule has 1 aromatic carbocycles. The first-order valence-corrected chi connectivity index (χ1v) is 7.69. The van der Waals surface area contributed by atoms with Crippen LogP contribution in [0.1, 0.15) is 57.9 Å². The molecule has 0 aliphatic rings. The summed E-state index contributed by atoms with van der Waals surface area (Å²) in [5.74, 6) is 0.546. The fourth-order valence-corrected chi connectivity index (χ4v) is 1.94. The third-order valence-corrected chi connectivity index (χ3v) is 3.16. The molecule has 0 N–H and O–H groups in total. The van der Waals surface area contributed by atoms with Gasteiger partial charge in [0.05, 0.1) is 6.61 Å². The van der Waals surface area contributed by atoms with Gasteiger partial charge in [-0.3, -0.25) is 0 Å². The van der Waals surface area contributed by atoms with E-state index in [9.17, 15) is 4.79 Å². The Kier molecular flexibility index (Phi) is 8.52. The highest BCUT2D eigenvalue weighted by molar-refractivity contribution is 5.63. The average Bonchev–Trinajstić information content (AvgIpc) is 2.46. The summed E-state index contributed by atoms with van der Waals surface area (Å²) in [6.07, 6.45) is 7.22. The Morgan fingerprint density at radius 2 is 1.60 bits per heavy atom. The van der Waals surface area contributed by atoms with Crippen LogP contribution in [0.2, 0.25) is 0 Å². The van der Waals surface area contributed by atoms with Gasteiger partial charge in [-0.2, -0.15) is 0 Å². The van der Waals surface area contributed by atoms with Crippen LogP contribution in [0.15, 0.2) is 24.3 Å². The van der Waals surface area contributed by atoms with Gasteiger partial charge < -0.3 is 9.47 Å². The zero-order valence-electron chi connectivity index (χ0n) is 12.7. The highest BCUT2D eigenvalue weighted by Gasteiger charge is 2.05. The van der Waals surface area contributed by atoms with Gasteiger partial charge in [-0.15, -0.1) is 0 Å². The Bertz CT molecular complexity index is 370. The van der Waals surface area contributed by atoms with Gasteiger partial charge in [0, 0.05) is 0 Å². The smallest absolute Gasteiger partial charge is 0.434 e. The van der Waals surface area contributed by atoms with E-state index in [1.165, 1.54) is 24.8 Å². The first-order chi connectivity index (χ1) is 9.76. The maximum absolute atomic E-state index is 11.4. The summed E-state index contributed by atoms with van der Waals surface area (Å²) in [5, 5.41) is 0. The highest BCUT2D eigenvalue weighted by atomic mass is 16.7. The lowest BCUT2D eigenvalue weighted by Gasteiger charge is -2.06. The maximum atomic E-state index is 11.4. The van der Waals surface area contributed by atoms with Crippen molar-refractivity contribution in [2.75, 3.05) is 6.61 Å². The molecular formula is C17H26O3. The van der Waals surface area contributed by atoms with Gasteiger partial charge in [-0.05, 0) is 37.0 Å². The molecule has 0 saturated carbocycles. The summed E-state index contributed by atoms with van der Waals surface area (Å²) in [5.41, 5.74) is 1.28. The fourth-order valence-electron chi connectivity index (χ4n) is 1.94. The van der Waals surface area contributed by atoms with Crippen molar-refractivity contribution in [1.29, 1.82) is 0 Å². The zero-order valence-corrected chi connectivity index (χ0v) is 12.7. The molecule has 1 aromatic rings. The van der Waals surface area contributed by atoms with Crippen molar-refractivity contribution in [2.24, 2.45) is 0 Å². The van der Waals surface area contributed by atoms with Crippen LogP contribution >= 0.6 is 0 Å². The number of carbonyl (C=O) groups is 1. The molecule has 0 spiro atoms. The molecule has 1 rings (SSSR count). The van der Waals surface area contributed by atoms with Crippen molar-refractivity contribution in [3.63, 3.8) is 0 Å². The summed E-state index contributed by atoms with van der Waals surface area (Å²) >= 11 is 0. The number of rotatable bonds is 9. The van der Waals surface area contributed by atoms with Crippen LogP contribution in [0, 0.1) is 0 Å². The number of benzene rings is 1. The maximum Gasteiger partial charge on any atom is 0.513 e. The lowest BCUT2D eigenvalue weighted by atomic mass is 10.1. The quantitative estimate of drug-likeness (QED) is 0.357. The van der Waals surface area contributed by atoms with E-state index in [2.05, 4.69) is 13.8 Å². The third kappa shape index (κ3) is 7.17. The minimum absolute atomic E-state index is 0.432. The molecule has 0 heterocycles. The van der Waals surface area contributed by atoms with E-state index in [1.807, 2.05) is 24.3 Å². The van der Waals surface area contributed by atoms with Gasteiger partial charge in [0.15, 0.2) is 0 Å². The molecule has 0 saturated heterocycles. The Labute approximate surface area is 122 Å². The molecule has 3 nitrogen and oxygen atoms in total. The molecule has 3 heteroatoms. The van der Waals surface area contributed by atoms with Crippen molar-refractivity contribution in [2.45, 2.75) is 58.8 Å². The summed E-state index contributed by atoms with van der Waals surface area (Å²) < 4.78 is 10.1. The van der Waals surface area contributed by atoms with Crippen LogP contribution < -0.4 is 4.74 Å². The molecule has 0 aromatic heterocycles. The number of hydrogen-bond acceptors (Lipinski definition) is 3. The lowest BCUT2D eigenvalue weighted by molar-refractivity contribution is 0.0974. The van der Waals surface area contributed by atoms with Crippen molar-refractivity contribution in [3.05, 3.63) is 29.8 Å². The van der Waals surface area contributed by atoms with Crippen LogP contribution in [-0.2, 0) is 11.2 Å². The van der Waals surface area contributed by atoms with Gasteiger partial charge in [-0.25, -0.2) is 4.79 Å². The Morgan fingerprint density at radius 3 is 2.25 bits per heavy atom. The van der Waals surface area contributed by atoms with Crippen LogP contribution in [0.5, 0.6) is 5.75 Å². The predicted octanol–water partition coefficient (Wildman–Crippen LogP) is 5.12. The van der Waals surface area contributed by atoms with E-state index in [-0.39, 0.29) is 0 Å². The van der Waals surface area contributed by atoms with Crippen molar-refractivity contribution >= 4 is 6.16 Å². The average molecular weight is 278 g/mol. The van der Waals surface area contributed by atoms with E-state index in [4.69, 9.17) is 9.47 Å². The molecule has 20 heavy (non-hydrogen) atoms. The van der Waals surface area contributed by atoms with Gasteiger partial charge in [-0.1, -0.05) is 51.7 Å². The molecule has 0 aliphatic heterocycles. The summed E-state index contributed by atoms with van der Waals surface area (Å²) in [6, 6.07) is 7.67. The summed E-state index contributed by atoms with van der Waals surface area (Å²) in [4.78, 5) is 11.4. The van der Waals surface area contributed by atoms with Crippen LogP contribution in [0.4, 0.5) is 4.79 Å². The zero-order chi connectivity index (χ0) is 14.6. The standard InChI is InChI=1S/C17H26O3/c1-3-5-7-9-15-10-12-16(13-11-15)20-17(18)19-14-8-6-4-2/h10-13H,3-9,14H2,1-2H3. The molecule has 0 unspecified atom stereocenters. The first-order valence-electron chi connectivity index (χ1n) is 7.69. The van der Waals surface area contributed by atoms with Crippen LogP contribution in [0.25, 0.3) is 0 Å². The molecule has 0 amide bonds. The second-order valence-corrected chi connectivity index (χ2v) is 5.01. The molecule has 112 valence electrons. The predicted molar refractivity (Wildman–Crippen MR) is 81.2 cm³/mol. The van der Waals surface area contributed by atoms with E-state index in [0.717, 1.165) is 25.7 Å². The molecule has 0 radical (unpaired) electrons. The first kappa shape index (κ1) is 16.5. The molecule has 0 bridgehead atoms. The number of aryl methyl sites for hydroxylation is 1. The second-order valence-electron chi connectivity index (χ2n) is 5.01. The largest absolute Gasteiger partial charge is 0.513 e. The van der Waals surface area contributed by atoms with Crippen LogP contribution in [0.3, 0.4) is 0 Å². The van der Waals surface area contributed by atoms with E-state index < -0.39 is 6.16 Å². The fraction of sp³-hybridized carbons (Fsp3) is 0.588. The van der Waals surface area contributed by atoms with Gasteiger partial charge in [0.1, 0.15) is 5.75 Å². The minimum Gasteiger partial charge on any atom is -0.434 e. The lowest BCUT2D eigenvalue weighted by Crippen LogP contribution is -2.11. The molecule has 0 fully saturated rings.